The highest BCUT2D eigenvalue weighted by atomic mass is 19.4. The van der Waals surface area contributed by atoms with E-state index in [2.05, 4.69) is 5.32 Å². The lowest BCUT2D eigenvalue weighted by molar-refractivity contribution is -0.199. The number of halogens is 4. The molecule has 1 aliphatic heterocycles. The molecule has 1 aromatic carbocycles. The van der Waals surface area contributed by atoms with Crippen molar-refractivity contribution in [3.8, 4) is 0 Å². The van der Waals surface area contributed by atoms with E-state index in [0.29, 0.717) is 16.9 Å². The fourth-order valence-corrected chi connectivity index (χ4v) is 4.02. The lowest BCUT2D eigenvalue weighted by Crippen LogP contribution is -2.60. The van der Waals surface area contributed by atoms with E-state index in [4.69, 9.17) is 4.74 Å². The van der Waals surface area contributed by atoms with Gasteiger partial charge in [-0.15, -0.1) is 0 Å². The molecule has 180 valence electrons. The molecule has 1 fully saturated rings. The molecule has 0 bridgehead atoms. The number of benzene rings is 1. The molecule has 3 rings (SSSR count). The van der Waals surface area contributed by atoms with Gasteiger partial charge in [-0.25, -0.2) is 4.39 Å². The van der Waals surface area contributed by atoms with Crippen LogP contribution in [-0.4, -0.2) is 46.4 Å². The van der Waals surface area contributed by atoms with Crippen LogP contribution in [0.4, 0.5) is 23.2 Å². The summed E-state index contributed by atoms with van der Waals surface area (Å²) in [5.41, 5.74) is -1.15. The minimum absolute atomic E-state index is 0.0123. The van der Waals surface area contributed by atoms with Crippen LogP contribution in [0.2, 0.25) is 0 Å². The highest BCUT2D eigenvalue weighted by molar-refractivity contribution is 6.06. The van der Waals surface area contributed by atoms with Crippen LogP contribution in [0.5, 0.6) is 0 Å². The summed E-state index contributed by atoms with van der Waals surface area (Å²) in [5.74, 6) is -2.25. The number of anilines is 1. The van der Waals surface area contributed by atoms with Gasteiger partial charge in [0.2, 0.25) is 0 Å². The van der Waals surface area contributed by atoms with Crippen LogP contribution in [-0.2, 0) is 16.6 Å². The second-order valence-corrected chi connectivity index (χ2v) is 8.22. The van der Waals surface area contributed by atoms with Gasteiger partial charge in [0.15, 0.2) is 11.6 Å². The van der Waals surface area contributed by atoms with Crippen molar-refractivity contribution in [2.45, 2.75) is 45.0 Å². The van der Waals surface area contributed by atoms with Gasteiger partial charge in [0, 0.05) is 31.5 Å². The van der Waals surface area contributed by atoms with E-state index in [1.54, 1.807) is 13.8 Å². The molecule has 0 spiro atoms. The zero-order valence-electron chi connectivity index (χ0n) is 18.6. The monoisotopic (exact) mass is 471 g/mol. The van der Waals surface area contributed by atoms with Gasteiger partial charge in [0.25, 0.3) is 11.8 Å². The van der Waals surface area contributed by atoms with Gasteiger partial charge in [0.1, 0.15) is 5.82 Å². The number of ether oxygens (including phenoxy) is 1. The Morgan fingerprint density at radius 3 is 2.45 bits per heavy atom. The van der Waals surface area contributed by atoms with Crippen molar-refractivity contribution < 1.29 is 37.0 Å². The quantitative estimate of drug-likeness (QED) is 0.584. The molecule has 3 N–H and O–H groups in total. The van der Waals surface area contributed by atoms with E-state index >= 15 is 0 Å². The summed E-state index contributed by atoms with van der Waals surface area (Å²) in [6, 6.07) is 4.04. The van der Waals surface area contributed by atoms with E-state index in [0.717, 1.165) is 0 Å². The molecular weight excluding hydrogens is 446 g/mol. The maximum absolute atomic E-state index is 13.6. The summed E-state index contributed by atoms with van der Waals surface area (Å²) in [5, 5.41) is 15.2. The first-order valence-electron chi connectivity index (χ1n) is 10.2. The molecule has 0 aliphatic carbocycles. The zero-order valence-corrected chi connectivity index (χ0v) is 18.6. The van der Waals surface area contributed by atoms with Crippen LogP contribution in [0.15, 0.2) is 18.2 Å². The number of alkyl halides is 3. The first-order valence-corrected chi connectivity index (χ1v) is 10.2. The number of aliphatic hydroxyl groups is 1. The Labute approximate surface area is 187 Å². The molecule has 7 nitrogen and oxygen atoms in total. The molecule has 11 heteroatoms. The smallest absolute Gasteiger partial charge is 0.379 e. The Morgan fingerprint density at radius 1 is 1.24 bits per heavy atom. The number of carbonyl (C=O) groups is 2. The summed E-state index contributed by atoms with van der Waals surface area (Å²) < 4.78 is 60.5. The molecule has 1 aliphatic rings. The van der Waals surface area contributed by atoms with Crippen molar-refractivity contribution in [1.82, 2.24) is 9.88 Å². The number of aliphatic hydroxyl groups excluding tert-OH is 1. The average molecular weight is 471 g/mol. The molecule has 0 radical (unpaired) electrons. The van der Waals surface area contributed by atoms with E-state index in [1.165, 1.54) is 36.7 Å². The van der Waals surface area contributed by atoms with Gasteiger partial charge < -0.3 is 25.0 Å². The number of rotatable bonds is 5. The summed E-state index contributed by atoms with van der Waals surface area (Å²) in [6.07, 6.45) is -7.19. The number of hydrogen-bond donors (Lipinski definition) is 3. The van der Waals surface area contributed by atoms with Gasteiger partial charge >= 0.3 is 6.18 Å². The Bertz CT molecular complexity index is 1090. The Balaban J connectivity index is 1.88. The van der Waals surface area contributed by atoms with Crippen molar-refractivity contribution >= 4 is 17.5 Å². The highest BCUT2D eigenvalue weighted by Crippen LogP contribution is 2.37. The molecule has 2 unspecified atom stereocenters. The van der Waals surface area contributed by atoms with Crippen LogP contribution in [0.1, 0.15) is 45.4 Å². The number of carbonyl (C=O) groups excluding carboxylic acids is 2. The molecule has 1 saturated heterocycles. The minimum Gasteiger partial charge on any atom is -0.379 e. The molecule has 1 aromatic heterocycles. The summed E-state index contributed by atoms with van der Waals surface area (Å²) >= 11 is 0. The normalized spacial score (nSPS) is 19.4. The zero-order chi connectivity index (χ0) is 24.7. The Morgan fingerprint density at radius 2 is 1.91 bits per heavy atom. The number of aryl methyl sites for hydroxylation is 1. The van der Waals surface area contributed by atoms with Crippen LogP contribution >= 0.6 is 0 Å². The molecule has 2 amide bonds. The number of hydrogen-bond acceptors (Lipinski definition) is 4. The summed E-state index contributed by atoms with van der Waals surface area (Å²) in [6.45, 7) is 3.69. The highest BCUT2D eigenvalue weighted by Gasteiger charge is 2.58. The summed E-state index contributed by atoms with van der Waals surface area (Å²) in [4.78, 5) is 25.5. The lowest BCUT2D eigenvalue weighted by Gasteiger charge is -2.32. The Hall–Kier alpha value is -2.92. The summed E-state index contributed by atoms with van der Waals surface area (Å²) in [7, 11) is 1.49. The number of nitrogens with zero attached hydrogens (tertiary/aromatic N) is 1. The third-order valence-corrected chi connectivity index (χ3v) is 6.06. The fraction of sp³-hybridized carbons (Fsp3) is 0.455. The van der Waals surface area contributed by atoms with Crippen molar-refractivity contribution in [3.05, 3.63) is 52.1 Å². The topological polar surface area (TPSA) is 92.6 Å². The van der Waals surface area contributed by atoms with Gasteiger partial charge in [-0.1, -0.05) is 0 Å². The third-order valence-electron chi connectivity index (χ3n) is 6.06. The molecule has 2 aromatic rings. The Kier molecular flexibility index (Phi) is 6.58. The number of amides is 2. The van der Waals surface area contributed by atoms with Gasteiger partial charge in [-0.2, -0.15) is 13.2 Å². The van der Waals surface area contributed by atoms with Crippen LogP contribution < -0.4 is 10.6 Å². The average Bonchev–Trinajstić information content (AvgIpc) is 3.28. The fourth-order valence-electron chi connectivity index (χ4n) is 4.02. The van der Waals surface area contributed by atoms with Crippen LogP contribution in [0.3, 0.4) is 0 Å². The first-order chi connectivity index (χ1) is 15.3. The standard InChI is InChI=1S/C22H25F4N3O4/c1-11-9-14(5-6-15(11)23)27-19(31)16-12(2)17(29(4)13(16)3)18(30)20(32)28-21(22(24,25)26)7-8-33-10-21/h5-6,9,18,30H,7-8,10H2,1-4H3,(H,27,31)(H,28,32). The molecular formula is C22H25F4N3O4. The number of nitrogens with one attached hydrogen (secondary N) is 2. The molecule has 2 atom stereocenters. The SMILES string of the molecule is Cc1cc(NC(=O)c2c(C)c(C(O)C(=O)NC3(C(F)(F)F)CCOC3)n(C)c2C)ccc1F. The first kappa shape index (κ1) is 24.7. The van der Waals surface area contributed by atoms with E-state index < -0.39 is 48.5 Å². The lowest BCUT2D eigenvalue weighted by atomic mass is 9.97. The largest absolute Gasteiger partial charge is 0.413 e. The van der Waals surface area contributed by atoms with Gasteiger partial charge in [-0.3, -0.25) is 9.59 Å². The second-order valence-electron chi connectivity index (χ2n) is 8.22. The van der Waals surface area contributed by atoms with Crippen LogP contribution in [0.25, 0.3) is 0 Å². The van der Waals surface area contributed by atoms with Crippen LogP contribution in [0, 0.1) is 26.6 Å². The molecule has 0 saturated carbocycles. The van der Waals surface area contributed by atoms with E-state index in [1.807, 2.05) is 5.32 Å². The van der Waals surface area contributed by atoms with Crippen molar-refractivity contribution in [3.63, 3.8) is 0 Å². The third kappa shape index (κ3) is 4.47. The van der Waals surface area contributed by atoms with Crippen molar-refractivity contribution in [2.75, 3.05) is 18.5 Å². The van der Waals surface area contributed by atoms with Gasteiger partial charge in [0.05, 0.1) is 17.9 Å². The molecule has 33 heavy (non-hydrogen) atoms. The molecule has 2 heterocycles. The second kappa shape index (κ2) is 8.79. The van der Waals surface area contributed by atoms with E-state index in [9.17, 15) is 32.3 Å². The maximum atomic E-state index is 13.6. The van der Waals surface area contributed by atoms with Crippen molar-refractivity contribution in [1.29, 1.82) is 0 Å². The van der Waals surface area contributed by atoms with E-state index in [-0.39, 0.29) is 23.4 Å². The van der Waals surface area contributed by atoms with Crippen molar-refractivity contribution in [2.24, 2.45) is 7.05 Å². The number of aromatic nitrogens is 1. The predicted molar refractivity (Wildman–Crippen MR) is 111 cm³/mol. The minimum atomic E-state index is -4.77. The van der Waals surface area contributed by atoms with Gasteiger partial charge in [-0.05, 0) is 50.1 Å². The predicted octanol–water partition coefficient (Wildman–Crippen LogP) is 3.21. The maximum Gasteiger partial charge on any atom is 0.413 e.